The monoisotopic (exact) mass is 225 g/mol. The van der Waals surface area contributed by atoms with Gasteiger partial charge in [0.15, 0.2) is 0 Å². The van der Waals surface area contributed by atoms with Gasteiger partial charge in [-0.25, -0.2) is 0 Å². The van der Waals surface area contributed by atoms with Crippen molar-refractivity contribution in [2.24, 2.45) is 0 Å². The van der Waals surface area contributed by atoms with Crippen molar-refractivity contribution in [1.82, 2.24) is 5.32 Å². The molecular weight excluding hydrogens is 206 g/mol. The van der Waals surface area contributed by atoms with Crippen LogP contribution in [0.5, 0.6) is 11.5 Å². The summed E-state index contributed by atoms with van der Waals surface area (Å²) in [4.78, 5) is 0. The average Bonchev–Trinajstić information content (AvgIpc) is 2.30. The lowest BCUT2D eigenvalue weighted by Gasteiger charge is -2.14. The lowest BCUT2D eigenvalue weighted by atomic mass is 10.1. The van der Waals surface area contributed by atoms with E-state index in [-0.39, 0.29) is 6.61 Å². The molecule has 0 saturated heterocycles. The van der Waals surface area contributed by atoms with Crippen LogP contribution in [0.2, 0.25) is 0 Å². The Hall–Kier alpha value is -1.26. The van der Waals surface area contributed by atoms with Crippen LogP contribution in [0.25, 0.3) is 0 Å². The number of aryl methyl sites for hydroxylation is 1. The van der Waals surface area contributed by atoms with Gasteiger partial charge in [-0.3, -0.25) is 0 Å². The van der Waals surface area contributed by atoms with Gasteiger partial charge < -0.3 is 19.9 Å². The summed E-state index contributed by atoms with van der Waals surface area (Å²) in [6.07, 6.45) is 0. The highest BCUT2D eigenvalue weighted by atomic mass is 16.5. The molecule has 0 bridgehead atoms. The largest absolute Gasteiger partial charge is 0.497 e. The van der Waals surface area contributed by atoms with Crippen molar-refractivity contribution in [3.8, 4) is 11.5 Å². The first-order valence-electron chi connectivity index (χ1n) is 5.26. The Balaban J connectivity index is 2.88. The minimum Gasteiger partial charge on any atom is -0.497 e. The van der Waals surface area contributed by atoms with Gasteiger partial charge in [0.1, 0.15) is 11.5 Å². The summed E-state index contributed by atoms with van der Waals surface area (Å²) in [7, 11) is 3.28. The van der Waals surface area contributed by atoms with E-state index in [1.165, 1.54) is 0 Å². The number of hydrogen-bond acceptors (Lipinski definition) is 4. The maximum Gasteiger partial charge on any atom is 0.127 e. The molecule has 0 aromatic heterocycles. The molecule has 1 aromatic carbocycles. The van der Waals surface area contributed by atoms with Crippen LogP contribution in [0.1, 0.15) is 11.1 Å². The predicted octanol–water partition coefficient (Wildman–Crippen LogP) is 1.09. The van der Waals surface area contributed by atoms with Crippen LogP contribution in [0.4, 0.5) is 0 Å². The summed E-state index contributed by atoms with van der Waals surface area (Å²) in [5.74, 6) is 1.60. The molecule has 1 aromatic rings. The molecule has 0 heterocycles. The Morgan fingerprint density at radius 2 is 2.00 bits per heavy atom. The molecule has 4 nitrogen and oxygen atoms in total. The first-order valence-corrected chi connectivity index (χ1v) is 5.26. The number of aliphatic hydroxyl groups is 1. The fourth-order valence-electron chi connectivity index (χ4n) is 1.57. The topological polar surface area (TPSA) is 50.7 Å². The molecule has 16 heavy (non-hydrogen) atoms. The van der Waals surface area contributed by atoms with E-state index in [9.17, 15) is 0 Å². The number of hydrogen-bond donors (Lipinski definition) is 2. The highest BCUT2D eigenvalue weighted by molar-refractivity contribution is 5.46. The molecule has 2 N–H and O–H groups in total. The van der Waals surface area contributed by atoms with E-state index in [2.05, 4.69) is 5.32 Å². The summed E-state index contributed by atoms with van der Waals surface area (Å²) in [5, 5.41) is 11.8. The minimum absolute atomic E-state index is 0.136. The fourth-order valence-corrected chi connectivity index (χ4v) is 1.57. The molecule has 0 saturated carbocycles. The summed E-state index contributed by atoms with van der Waals surface area (Å²) in [6.45, 7) is 3.41. The molecule has 0 unspecified atom stereocenters. The van der Waals surface area contributed by atoms with Crippen molar-refractivity contribution in [2.75, 3.05) is 27.4 Å². The van der Waals surface area contributed by atoms with E-state index in [0.717, 1.165) is 22.6 Å². The predicted molar refractivity (Wildman–Crippen MR) is 63.1 cm³/mol. The summed E-state index contributed by atoms with van der Waals surface area (Å²) in [6, 6.07) is 3.83. The summed E-state index contributed by atoms with van der Waals surface area (Å²) >= 11 is 0. The van der Waals surface area contributed by atoms with Gasteiger partial charge in [0.2, 0.25) is 0 Å². The third-order valence-electron chi connectivity index (χ3n) is 2.45. The molecular formula is C12H19NO3. The number of benzene rings is 1. The van der Waals surface area contributed by atoms with Gasteiger partial charge in [-0.2, -0.15) is 0 Å². The van der Waals surface area contributed by atoms with Gasteiger partial charge in [0.25, 0.3) is 0 Å². The van der Waals surface area contributed by atoms with Crippen LogP contribution in [0, 0.1) is 6.92 Å². The van der Waals surface area contributed by atoms with Crippen molar-refractivity contribution in [3.63, 3.8) is 0 Å². The number of nitrogens with one attached hydrogen (secondary N) is 1. The van der Waals surface area contributed by atoms with Crippen LogP contribution in [0.15, 0.2) is 12.1 Å². The zero-order valence-electron chi connectivity index (χ0n) is 10.0. The van der Waals surface area contributed by atoms with E-state index in [4.69, 9.17) is 14.6 Å². The zero-order valence-corrected chi connectivity index (χ0v) is 10.0. The molecule has 0 aliphatic carbocycles. The average molecular weight is 225 g/mol. The molecule has 1 rings (SSSR count). The van der Waals surface area contributed by atoms with Crippen LogP contribution in [0.3, 0.4) is 0 Å². The molecule has 0 fully saturated rings. The third kappa shape index (κ3) is 3.12. The standard InChI is InChI=1S/C12H19NO3/c1-9-6-10(15-2)7-12(16-3)11(9)8-13-4-5-14/h6-7,13-14H,4-5,8H2,1-3H3. The first-order chi connectivity index (χ1) is 7.72. The Bertz CT molecular complexity index is 339. The van der Waals surface area contributed by atoms with Crippen molar-refractivity contribution in [2.45, 2.75) is 13.5 Å². The molecule has 90 valence electrons. The van der Waals surface area contributed by atoms with Gasteiger partial charge in [-0.1, -0.05) is 0 Å². The number of aliphatic hydroxyl groups excluding tert-OH is 1. The lowest BCUT2D eigenvalue weighted by Crippen LogP contribution is -2.18. The second-order valence-corrected chi connectivity index (χ2v) is 3.53. The van der Waals surface area contributed by atoms with E-state index in [1.54, 1.807) is 14.2 Å². The van der Waals surface area contributed by atoms with Gasteiger partial charge in [0, 0.05) is 24.7 Å². The second-order valence-electron chi connectivity index (χ2n) is 3.53. The normalized spacial score (nSPS) is 10.2. The van der Waals surface area contributed by atoms with Gasteiger partial charge in [0.05, 0.1) is 20.8 Å². The van der Waals surface area contributed by atoms with E-state index in [1.807, 2.05) is 19.1 Å². The zero-order chi connectivity index (χ0) is 12.0. The summed E-state index contributed by atoms with van der Waals surface area (Å²) < 4.78 is 10.5. The maximum atomic E-state index is 8.71. The van der Waals surface area contributed by atoms with E-state index >= 15 is 0 Å². The van der Waals surface area contributed by atoms with Crippen LogP contribution in [-0.2, 0) is 6.54 Å². The van der Waals surface area contributed by atoms with Crippen LogP contribution in [-0.4, -0.2) is 32.5 Å². The van der Waals surface area contributed by atoms with Crippen LogP contribution >= 0.6 is 0 Å². The highest BCUT2D eigenvalue weighted by Crippen LogP contribution is 2.28. The molecule has 4 heteroatoms. The molecule has 0 aliphatic rings. The Morgan fingerprint density at radius 1 is 1.25 bits per heavy atom. The third-order valence-corrected chi connectivity index (χ3v) is 2.45. The maximum absolute atomic E-state index is 8.71. The van der Waals surface area contributed by atoms with Crippen molar-refractivity contribution >= 4 is 0 Å². The Morgan fingerprint density at radius 3 is 2.56 bits per heavy atom. The molecule has 0 aliphatic heterocycles. The SMILES string of the molecule is COc1cc(C)c(CNCCO)c(OC)c1. The van der Waals surface area contributed by atoms with E-state index < -0.39 is 0 Å². The van der Waals surface area contributed by atoms with E-state index in [0.29, 0.717) is 13.1 Å². The summed E-state index contributed by atoms with van der Waals surface area (Å²) in [5.41, 5.74) is 2.21. The number of methoxy groups -OCH3 is 2. The second kappa shape index (κ2) is 6.35. The number of rotatable bonds is 6. The molecule has 0 atom stereocenters. The quantitative estimate of drug-likeness (QED) is 0.712. The molecule has 0 radical (unpaired) electrons. The van der Waals surface area contributed by atoms with Gasteiger partial charge >= 0.3 is 0 Å². The fraction of sp³-hybridized carbons (Fsp3) is 0.500. The van der Waals surface area contributed by atoms with Crippen molar-refractivity contribution in [3.05, 3.63) is 23.3 Å². The highest BCUT2D eigenvalue weighted by Gasteiger charge is 2.08. The van der Waals surface area contributed by atoms with Gasteiger partial charge in [-0.05, 0) is 18.6 Å². The van der Waals surface area contributed by atoms with Crippen LogP contribution < -0.4 is 14.8 Å². The Kier molecular flexibility index (Phi) is 5.08. The Labute approximate surface area is 96.2 Å². The molecule has 0 amide bonds. The lowest BCUT2D eigenvalue weighted by molar-refractivity contribution is 0.291. The smallest absolute Gasteiger partial charge is 0.127 e. The molecule has 0 spiro atoms. The first kappa shape index (κ1) is 12.8. The number of ether oxygens (including phenoxy) is 2. The van der Waals surface area contributed by atoms with Gasteiger partial charge in [-0.15, -0.1) is 0 Å². The van der Waals surface area contributed by atoms with Crippen molar-refractivity contribution < 1.29 is 14.6 Å². The van der Waals surface area contributed by atoms with Crippen molar-refractivity contribution in [1.29, 1.82) is 0 Å². The minimum atomic E-state index is 0.136.